The van der Waals surface area contributed by atoms with Crippen molar-refractivity contribution in [3.63, 3.8) is 0 Å². The number of aromatic nitrogens is 4. The van der Waals surface area contributed by atoms with Gasteiger partial charge in [-0.1, -0.05) is 12.1 Å². The minimum atomic E-state index is -4.68. The molecule has 0 unspecified atom stereocenters. The molecule has 20 heteroatoms. The fourth-order valence-electron chi connectivity index (χ4n) is 7.39. The van der Waals surface area contributed by atoms with Crippen molar-refractivity contribution in [2.24, 2.45) is 0 Å². The Labute approximate surface area is 369 Å². The van der Waals surface area contributed by atoms with Crippen LogP contribution in [0.15, 0.2) is 61.2 Å². The van der Waals surface area contributed by atoms with E-state index >= 15 is 0 Å². The van der Waals surface area contributed by atoms with E-state index in [1.807, 2.05) is 6.92 Å². The first-order chi connectivity index (χ1) is 30.4. The molecular formula is C45H44F8N8O4. The second-order valence-corrected chi connectivity index (χ2v) is 16.6. The maximum atomic E-state index is 14.5. The normalized spacial score (nSPS) is 20.9. The number of ketones is 2. The van der Waals surface area contributed by atoms with Crippen LogP contribution in [0.3, 0.4) is 0 Å². The molecule has 6 atom stereocenters. The molecule has 0 saturated carbocycles. The number of carbonyl (C=O) groups excluding carboxylic acids is 3. The third kappa shape index (κ3) is 12.7. The Hall–Kier alpha value is -6.41. The number of nitrogens with zero attached hydrogens (tertiary/aromatic N) is 7. The summed E-state index contributed by atoms with van der Waals surface area (Å²) in [6.07, 6.45) is -5.19. The van der Waals surface area contributed by atoms with Gasteiger partial charge in [0.15, 0.2) is 5.78 Å². The topological polar surface area (TPSA) is 136 Å². The average molecular weight is 913 g/mol. The van der Waals surface area contributed by atoms with Gasteiger partial charge in [0.2, 0.25) is 23.7 Å². The number of alkyl halides is 6. The van der Waals surface area contributed by atoms with Gasteiger partial charge in [-0.3, -0.25) is 19.8 Å². The van der Waals surface area contributed by atoms with Crippen molar-refractivity contribution in [3.05, 3.63) is 118 Å². The Balaban J connectivity index is 0.000000250. The highest BCUT2D eigenvalue weighted by atomic mass is 19.4. The van der Waals surface area contributed by atoms with Gasteiger partial charge in [0.1, 0.15) is 35.1 Å². The summed E-state index contributed by atoms with van der Waals surface area (Å²) in [5, 5.41) is 3.09. The Kier molecular flexibility index (Phi) is 15.4. The lowest BCUT2D eigenvalue weighted by molar-refractivity contribution is -0.145. The van der Waals surface area contributed by atoms with Crippen LogP contribution in [-0.4, -0.2) is 84.3 Å². The van der Waals surface area contributed by atoms with E-state index in [9.17, 15) is 49.5 Å². The summed E-state index contributed by atoms with van der Waals surface area (Å²) < 4.78 is 110. The van der Waals surface area contributed by atoms with Crippen LogP contribution in [0.25, 0.3) is 31.9 Å². The molecule has 344 valence electrons. The SMILES string of the molecule is [C-]#[N+][C@@H]1C[C@@H](C(=O)CCc2cc(-c3cnc(C(F)(F)F)nc3)ccc2F)N(C(=O)OC(C)(C)C)[C@H]1C.[C-]#[N+][C@@H]1C[C@@H](C(=O)CCc2cc(-c3cnc(C(F)(F)F)nc3)ccc2F)N[C@H]1C. The van der Waals surface area contributed by atoms with Gasteiger partial charge in [-0.25, -0.2) is 46.7 Å². The highest BCUT2D eigenvalue weighted by Gasteiger charge is 2.49. The standard InChI is InChI=1S/C25H26F4N4O3.C20H18F4N4O/c1-14-19(30-5)11-20(33(14)23(35)36-24(2,3)4)21(34)9-7-16-10-15(6-8-18(16)26)17-12-31-22(32-13-17)25(27,28)29;1-11-16(25-2)8-17(28-11)18(29)6-4-13-7-12(3-5-15(13)21)14-9-26-19(27-10-14)20(22,23)24/h6,8,10,12-14,19-20H,7,9,11H2,1-4H3;3,5,7,9-11,16-17,28H,4,6,8H2,1H3/t14-,19+,20-;11-,16+,17-/m00/s1. The van der Waals surface area contributed by atoms with Gasteiger partial charge in [0.25, 0.3) is 0 Å². The summed E-state index contributed by atoms with van der Waals surface area (Å²) in [4.78, 5) is 59.9. The highest BCUT2D eigenvalue weighted by Crippen LogP contribution is 2.33. The molecule has 2 aliphatic heterocycles. The maximum Gasteiger partial charge on any atom is 0.451 e. The molecule has 0 radical (unpaired) electrons. The van der Waals surface area contributed by atoms with Crippen LogP contribution in [0.1, 0.15) is 83.1 Å². The van der Waals surface area contributed by atoms with Crippen LogP contribution in [0.2, 0.25) is 0 Å². The summed E-state index contributed by atoms with van der Waals surface area (Å²) in [5.41, 5.74) is 1.11. The molecule has 0 aliphatic carbocycles. The van der Waals surface area contributed by atoms with Crippen molar-refractivity contribution < 1.29 is 54.2 Å². The van der Waals surface area contributed by atoms with Crippen LogP contribution >= 0.6 is 0 Å². The minimum Gasteiger partial charge on any atom is -0.444 e. The molecule has 1 N–H and O–H groups in total. The lowest BCUT2D eigenvalue weighted by Gasteiger charge is -2.30. The monoisotopic (exact) mass is 912 g/mol. The van der Waals surface area contributed by atoms with Crippen molar-refractivity contribution >= 4 is 17.7 Å². The number of ether oxygens (including phenoxy) is 1. The molecule has 2 aromatic heterocycles. The molecule has 4 heterocycles. The molecular weight excluding hydrogens is 869 g/mol. The number of carbonyl (C=O) groups is 3. The predicted octanol–water partition coefficient (Wildman–Crippen LogP) is 9.33. The zero-order valence-electron chi connectivity index (χ0n) is 35.8. The Morgan fingerprint density at radius 3 is 1.55 bits per heavy atom. The zero-order chi connectivity index (χ0) is 48.0. The second kappa shape index (κ2) is 20.2. The first kappa shape index (κ1) is 49.6. The Morgan fingerprint density at radius 2 is 1.15 bits per heavy atom. The average Bonchev–Trinajstić information content (AvgIpc) is 3.80. The lowest BCUT2D eigenvalue weighted by atomic mass is 9.98. The highest BCUT2D eigenvalue weighted by molar-refractivity contribution is 5.89. The van der Waals surface area contributed by atoms with Gasteiger partial charge in [-0.2, -0.15) is 26.3 Å². The number of aryl methyl sites for hydroxylation is 2. The Morgan fingerprint density at radius 1 is 0.708 bits per heavy atom. The van der Waals surface area contributed by atoms with E-state index in [4.69, 9.17) is 17.9 Å². The number of halogens is 8. The van der Waals surface area contributed by atoms with Gasteiger partial charge >= 0.3 is 18.4 Å². The Bertz CT molecular complexity index is 2450. The van der Waals surface area contributed by atoms with Gasteiger partial charge < -0.3 is 14.4 Å². The van der Waals surface area contributed by atoms with Crippen molar-refractivity contribution in [2.45, 2.75) is 127 Å². The minimum absolute atomic E-state index is 0.00424. The zero-order valence-corrected chi connectivity index (χ0v) is 35.8. The molecule has 2 fully saturated rings. The van der Waals surface area contributed by atoms with Gasteiger partial charge in [0.05, 0.1) is 18.5 Å². The van der Waals surface area contributed by atoms with E-state index in [1.54, 1.807) is 27.7 Å². The molecule has 4 aromatic rings. The molecule has 2 saturated heterocycles. The number of hydrogen-bond acceptors (Lipinski definition) is 9. The molecule has 12 nitrogen and oxygen atoms in total. The summed E-state index contributed by atoms with van der Waals surface area (Å²) in [7, 11) is 0. The largest absolute Gasteiger partial charge is 0.451 e. The molecule has 6 rings (SSSR count). The number of likely N-dealkylation sites (tertiary alicyclic amines) is 1. The molecule has 2 aromatic carbocycles. The first-order valence-corrected chi connectivity index (χ1v) is 20.3. The lowest BCUT2D eigenvalue weighted by Crippen LogP contribution is -2.47. The molecule has 2 aliphatic rings. The number of benzene rings is 2. The summed E-state index contributed by atoms with van der Waals surface area (Å²) in [6, 6.07) is 5.40. The van der Waals surface area contributed by atoms with E-state index in [1.165, 1.54) is 35.2 Å². The number of Topliss-reactive ketones (excluding diaryl/α,β-unsaturated/α-hetero) is 2. The molecule has 1 amide bonds. The quantitative estimate of drug-likeness (QED) is 0.122. The second-order valence-electron chi connectivity index (χ2n) is 16.6. The molecule has 65 heavy (non-hydrogen) atoms. The van der Waals surface area contributed by atoms with Crippen molar-refractivity contribution in [1.82, 2.24) is 30.2 Å². The number of rotatable bonds is 10. The third-order valence-corrected chi connectivity index (χ3v) is 10.9. The van der Waals surface area contributed by atoms with E-state index in [-0.39, 0.29) is 72.4 Å². The van der Waals surface area contributed by atoms with Crippen molar-refractivity contribution in [1.29, 1.82) is 0 Å². The summed E-state index contributed by atoms with van der Waals surface area (Å²) >= 11 is 0. The van der Waals surface area contributed by atoms with Gasteiger partial charge in [-0.15, -0.1) is 0 Å². The van der Waals surface area contributed by atoms with E-state index in [2.05, 4.69) is 34.9 Å². The number of nitrogens with one attached hydrogen (secondary N) is 1. The smallest absolute Gasteiger partial charge is 0.444 e. The molecule has 0 bridgehead atoms. The van der Waals surface area contributed by atoms with E-state index < -0.39 is 71.5 Å². The van der Waals surface area contributed by atoms with E-state index in [0.29, 0.717) is 23.1 Å². The van der Waals surface area contributed by atoms with Gasteiger partial charge in [-0.05, 0) is 94.0 Å². The summed E-state index contributed by atoms with van der Waals surface area (Å²) in [6.45, 7) is 23.2. The van der Waals surface area contributed by atoms with Crippen LogP contribution in [0.5, 0.6) is 0 Å². The van der Waals surface area contributed by atoms with E-state index in [0.717, 1.165) is 30.9 Å². The van der Waals surface area contributed by atoms with Crippen molar-refractivity contribution in [3.8, 4) is 22.3 Å². The number of amides is 1. The van der Waals surface area contributed by atoms with Crippen LogP contribution in [0.4, 0.5) is 39.9 Å². The fourth-order valence-corrected chi connectivity index (χ4v) is 7.39. The predicted molar refractivity (Wildman–Crippen MR) is 219 cm³/mol. The van der Waals surface area contributed by atoms with Crippen molar-refractivity contribution in [2.75, 3.05) is 0 Å². The first-order valence-electron chi connectivity index (χ1n) is 20.3. The van der Waals surface area contributed by atoms with Crippen LogP contribution < -0.4 is 5.32 Å². The number of hydrogen-bond donors (Lipinski definition) is 1. The third-order valence-electron chi connectivity index (χ3n) is 10.9. The van der Waals surface area contributed by atoms with Gasteiger partial charge in [0, 0.05) is 55.2 Å². The molecule has 0 spiro atoms. The summed E-state index contributed by atoms with van der Waals surface area (Å²) in [5.74, 6) is -4.03. The van der Waals surface area contributed by atoms with Crippen LogP contribution in [-0.2, 0) is 39.5 Å². The maximum absolute atomic E-state index is 14.5. The van der Waals surface area contributed by atoms with Crippen LogP contribution in [0, 0.1) is 24.8 Å². The fraction of sp³-hybridized carbons (Fsp3) is 0.444.